The van der Waals surface area contributed by atoms with Crippen LogP contribution in [0.3, 0.4) is 0 Å². The molecular weight excluding hydrogens is 234 g/mol. The van der Waals surface area contributed by atoms with Crippen molar-refractivity contribution in [2.24, 2.45) is 0 Å². The fourth-order valence-corrected chi connectivity index (χ4v) is 1.49. The van der Waals surface area contributed by atoms with Crippen LogP contribution in [0.1, 0.15) is 19.8 Å². The highest BCUT2D eigenvalue weighted by Gasteiger charge is 2.18. The maximum Gasteiger partial charge on any atom is 0.326 e. The third-order valence-corrected chi connectivity index (χ3v) is 2.36. The molecule has 0 saturated carbocycles. The Labute approximate surface area is 106 Å². The lowest BCUT2D eigenvalue weighted by molar-refractivity contribution is -0.143. The molecule has 0 saturated heterocycles. The van der Waals surface area contributed by atoms with Gasteiger partial charge in [-0.3, -0.25) is 4.79 Å². The highest BCUT2D eigenvalue weighted by molar-refractivity contribution is 5.78. The molecule has 0 fully saturated rings. The number of benzene rings is 1. The van der Waals surface area contributed by atoms with Crippen molar-refractivity contribution in [2.75, 3.05) is 11.9 Å². The Balaban J connectivity index is 2.51. The standard InChI is InChI=1S/C13H17NO4/c1-2-18-12(15)9-8-11(13(16)17)14-10-6-4-3-5-7-10/h3-7,11,14H,2,8-9H2,1H3,(H,16,17)/t11-/m0/s1. The molecule has 0 bridgehead atoms. The summed E-state index contributed by atoms with van der Waals surface area (Å²) >= 11 is 0. The topological polar surface area (TPSA) is 75.6 Å². The van der Waals surface area contributed by atoms with Crippen molar-refractivity contribution in [2.45, 2.75) is 25.8 Å². The number of para-hydroxylation sites is 1. The fourth-order valence-electron chi connectivity index (χ4n) is 1.49. The van der Waals surface area contributed by atoms with Gasteiger partial charge in [0.1, 0.15) is 6.04 Å². The van der Waals surface area contributed by atoms with Gasteiger partial charge in [-0.1, -0.05) is 18.2 Å². The molecule has 0 aromatic heterocycles. The van der Waals surface area contributed by atoms with Crippen molar-refractivity contribution in [3.8, 4) is 0 Å². The summed E-state index contributed by atoms with van der Waals surface area (Å²) in [7, 11) is 0. The Kier molecular flexibility index (Phi) is 5.70. The van der Waals surface area contributed by atoms with Gasteiger partial charge in [-0.05, 0) is 25.5 Å². The monoisotopic (exact) mass is 251 g/mol. The summed E-state index contributed by atoms with van der Waals surface area (Å²) in [5.74, 6) is -1.36. The zero-order chi connectivity index (χ0) is 13.4. The second-order valence-electron chi connectivity index (χ2n) is 3.74. The molecule has 0 aliphatic heterocycles. The fraction of sp³-hybridized carbons (Fsp3) is 0.385. The first kappa shape index (κ1) is 14.0. The lowest BCUT2D eigenvalue weighted by atomic mass is 10.1. The first-order chi connectivity index (χ1) is 8.63. The Morgan fingerprint density at radius 3 is 2.56 bits per heavy atom. The normalized spacial score (nSPS) is 11.6. The molecule has 0 amide bonds. The number of ether oxygens (including phenoxy) is 1. The Bertz CT molecular complexity index is 391. The first-order valence-electron chi connectivity index (χ1n) is 5.83. The molecule has 1 aromatic carbocycles. The molecule has 0 spiro atoms. The van der Waals surface area contributed by atoms with Crippen LogP contribution in [0.5, 0.6) is 0 Å². The number of carboxylic acids is 1. The second kappa shape index (κ2) is 7.32. The molecule has 5 heteroatoms. The van der Waals surface area contributed by atoms with E-state index in [0.29, 0.717) is 12.3 Å². The summed E-state index contributed by atoms with van der Waals surface area (Å²) < 4.78 is 4.76. The number of carbonyl (C=O) groups excluding carboxylic acids is 1. The van der Waals surface area contributed by atoms with Crippen LogP contribution in [0.4, 0.5) is 5.69 Å². The highest BCUT2D eigenvalue weighted by atomic mass is 16.5. The summed E-state index contributed by atoms with van der Waals surface area (Å²) in [5, 5.41) is 11.9. The smallest absolute Gasteiger partial charge is 0.326 e. The van der Waals surface area contributed by atoms with Gasteiger partial charge in [-0.2, -0.15) is 0 Å². The highest BCUT2D eigenvalue weighted by Crippen LogP contribution is 2.10. The molecule has 0 unspecified atom stereocenters. The van der Waals surface area contributed by atoms with Crippen molar-refractivity contribution >= 4 is 17.6 Å². The molecule has 1 rings (SSSR count). The zero-order valence-electron chi connectivity index (χ0n) is 10.3. The Hall–Kier alpha value is -2.04. The Morgan fingerprint density at radius 2 is 2.00 bits per heavy atom. The molecule has 0 radical (unpaired) electrons. The van der Waals surface area contributed by atoms with Crippen molar-refractivity contribution in [1.29, 1.82) is 0 Å². The Morgan fingerprint density at radius 1 is 1.33 bits per heavy atom. The van der Waals surface area contributed by atoms with Crippen molar-refractivity contribution in [1.82, 2.24) is 0 Å². The summed E-state index contributed by atoms with van der Waals surface area (Å²) in [6, 6.07) is 8.23. The lowest BCUT2D eigenvalue weighted by Crippen LogP contribution is -2.30. The largest absolute Gasteiger partial charge is 0.480 e. The van der Waals surface area contributed by atoms with Crippen LogP contribution in [0, 0.1) is 0 Å². The van der Waals surface area contributed by atoms with E-state index in [1.807, 2.05) is 18.2 Å². The number of carboxylic acid groups (broad SMARTS) is 1. The quantitative estimate of drug-likeness (QED) is 0.724. The van der Waals surface area contributed by atoms with Gasteiger partial charge in [-0.15, -0.1) is 0 Å². The van der Waals surface area contributed by atoms with Crippen LogP contribution in [-0.2, 0) is 14.3 Å². The van der Waals surface area contributed by atoms with Crippen LogP contribution in [0.2, 0.25) is 0 Å². The van der Waals surface area contributed by atoms with Gasteiger partial charge in [0.05, 0.1) is 6.61 Å². The maximum atomic E-state index is 11.2. The molecule has 0 aliphatic rings. The molecule has 98 valence electrons. The molecule has 0 aliphatic carbocycles. The van der Waals surface area contributed by atoms with Crippen molar-refractivity contribution < 1.29 is 19.4 Å². The number of aliphatic carboxylic acids is 1. The minimum atomic E-state index is -0.983. The van der Waals surface area contributed by atoms with E-state index in [0.717, 1.165) is 0 Å². The van der Waals surface area contributed by atoms with E-state index in [1.54, 1.807) is 19.1 Å². The first-order valence-corrected chi connectivity index (χ1v) is 5.83. The number of hydrogen-bond donors (Lipinski definition) is 2. The van der Waals surface area contributed by atoms with Crippen LogP contribution in [-0.4, -0.2) is 29.7 Å². The van der Waals surface area contributed by atoms with E-state index in [1.165, 1.54) is 0 Å². The minimum absolute atomic E-state index is 0.0879. The van der Waals surface area contributed by atoms with Gasteiger partial charge < -0.3 is 15.2 Å². The number of nitrogens with one attached hydrogen (secondary N) is 1. The van der Waals surface area contributed by atoms with Gasteiger partial charge in [0.15, 0.2) is 0 Å². The average molecular weight is 251 g/mol. The van der Waals surface area contributed by atoms with Crippen molar-refractivity contribution in [3.05, 3.63) is 30.3 Å². The molecule has 5 nitrogen and oxygen atoms in total. The van der Waals surface area contributed by atoms with E-state index >= 15 is 0 Å². The molecule has 2 N–H and O–H groups in total. The molecule has 0 heterocycles. The lowest BCUT2D eigenvalue weighted by Gasteiger charge is -2.15. The number of carbonyl (C=O) groups is 2. The number of esters is 1. The second-order valence-corrected chi connectivity index (χ2v) is 3.74. The molecule has 1 atom stereocenters. The summed E-state index contributed by atoms with van der Waals surface area (Å²) in [6.07, 6.45) is 0.285. The van der Waals surface area contributed by atoms with Gasteiger partial charge in [0, 0.05) is 12.1 Å². The van der Waals surface area contributed by atoms with E-state index in [9.17, 15) is 9.59 Å². The van der Waals surface area contributed by atoms with E-state index in [2.05, 4.69) is 5.32 Å². The molecule has 1 aromatic rings. The number of rotatable bonds is 7. The predicted octanol–water partition coefficient (Wildman–Crippen LogP) is 1.90. The van der Waals surface area contributed by atoms with Gasteiger partial charge in [-0.25, -0.2) is 4.79 Å². The molecular formula is C13H17NO4. The van der Waals surface area contributed by atoms with Crippen LogP contribution in [0.25, 0.3) is 0 Å². The van der Waals surface area contributed by atoms with E-state index < -0.39 is 12.0 Å². The van der Waals surface area contributed by atoms with E-state index in [4.69, 9.17) is 9.84 Å². The minimum Gasteiger partial charge on any atom is -0.480 e. The maximum absolute atomic E-state index is 11.2. The third kappa shape index (κ3) is 4.86. The van der Waals surface area contributed by atoms with Gasteiger partial charge >= 0.3 is 11.9 Å². The molecule has 18 heavy (non-hydrogen) atoms. The summed E-state index contributed by atoms with van der Waals surface area (Å²) in [5.41, 5.74) is 0.716. The number of hydrogen-bond acceptors (Lipinski definition) is 4. The van der Waals surface area contributed by atoms with E-state index in [-0.39, 0.29) is 18.8 Å². The van der Waals surface area contributed by atoms with Crippen LogP contribution >= 0.6 is 0 Å². The van der Waals surface area contributed by atoms with Crippen LogP contribution in [0.15, 0.2) is 30.3 Å². The van der Waals surface area contributed by atoms with Gasteiger partial charge in [0.2, 0.25) is 0 Å². The SMILES string of the molecule is CCOC(=O)CC[C@H](Nc1ccccc1)C(=O)O. The summed E-state index contributed by atoms with van der Waals surface area (Å²) in [6.45, 7) is 2.03. The summed E-state index contributed by atoms with van der Waals surface area (Å²) in [4.78, 5) is 22.2. The zero-order valence-corrected chi connectivity index (χ0v) is 10.3. The number of anilines is 1. The third-order valence-electron chi connectivity index (χ3n) is 2.36. The van der Waals surface area contributed by atoms with Gasteiger partial charge in [0.25, 0.3) is 0 Å². The predicted molar refractivity (Wildman–Crippen MR) is 67.4 cm³/mol. The van der Waals surface area contributed by atoms with Crippen molar-refractivity contribution in [3.63, 3.8) is 0 Å². The average Bonchev–Trinajstić information content (AvgIpc) is 2.35. The van der Waals surface area contributed by atoms with Crippen LogP contribution < -0.4 is 5.32 Å².